The first-order chi connectivity index (χ1) is 9.13. The molecule has 0 amide bonds. The second-order valence-corrected chi connectivity index (χ2v) is 4.34. The lowest BCUT2D eigenvalue weighted by atomic mass is 10.2. The Labute approximate surface area is 113 Å². The fourth-order valence-corrected chi connectivity index (χ4v) is 1.86. The third kappa shape index (κ3) is 2.92. The van der Waals surface area contributed by atoms with Crippen molar-refractivity contribution in [2.45, 2.75) is 5.16 Å². The zero-order valence-corrected chi connectivity index (χ0v) is 10.8. The van der Waals surface area contributed by atoms with Crippen molar-refractivity contribution >= 4 is 29.1 Å². The first kappa shape index (κ1) is 13.1. The van der Waals surface area contributed by atoms with Gasteiger partial charge in [0.2, 0.25) is 0 Å². The number of halogens is 1. The van der Waals surface area contributed by atoms with Gasteiger partial charge in [-0.2, -0.15) is 5.26 Å². The molecule has 0 bridgehead atoms. The fourth-order valence-electron chi connectivity index (χ4n) is 1.48. The molecule has 1 aromatic carbocycles. The maximum Gasteiger partial charge on any atom is 0.191 e. The highest BCUT2D eigenvalue weighted by Gasteiger charge is 2.09. The van der Waals surface area contributed by atoms with E-state index in [1.807, 2.05) is 12.3 Å². The second kappa shape index (κ2) is 5.54. The highest BCUT2D eigenvalue weighted by atomic mass is 32.2. The number of hydrogen-bond acceptors (Lipinski definition) is 6. The number of nitrogen functional groups attached to an aromatic ring is 1. The van der Waals surface area contributed by atoms with Gasteiger partial charge in [-0.25, -0.2) is 14.4 Å². The summed E-state index contributed by atoms with van der Waals surface area (Å²) in [5.41, 5.74) is 5.92. The van der Waals surface area contributed by atoms with Crippen LogP contribution in [0.5, 0.6) is 0 Å². The van der Waals surface area contributed by atoms with Crippen LogP contribution >= 0.6 is 11.8 Å². The zero-order chi connectivity index (χ0) is 13.8. The van der Waals surface area contributed by atoms with E-state index in [0.717, 1.165) is 0 Å². The van der Waals surface area contributed by atoms with Crippen LogP contribution in [0.4, 0.5) is 21.7 Å². The van der Waals surface area contributed by atoms with Gasteiger partial charge in [-0.1, -0.05) is 17.8 Å². The normalized spacial score (nSPS) is 9.95. The smallest absolute Gasteiger partial charge is 0.191 e. The lowest BCUT2D eigenvalue weighted by Crippen LogP contribution is -2.02. The molecular weight excluding hydrogens is 265 g/mol. The van der Waals surface area contributed by atoms with Crippen LogP contribution in [0, 0.1) is 17.1 Å². The number of aromatic nitrogens is 2. The van der Waals surface area contributed by atoms with E-state index < -0.39 is 5.82 Å². The van der Waals surface area contributed by atoms with Gasteiger partial charge in [0.15, 0.2) is 5.16 Å². The zero-order valence-electron chi connectivity index (χ0n) is 10.0. The van der Waals surface area contributed by atoms with Crippen molar-refractivity contribution in [3.05, 3.63) is 35.6 Å². The molecule has 5 nitrogen and oxygen atoms in total. The summed E-state index contributed by atoms with van der Waals surface area (Å²) in [6, 6.07) is 7.67. The Balaban J connectivity index is 2.39. The molecule has 0 radical (unpaired) electrons. The van der Waals surface area contributed by atoms with E-state index in [1.165, 1.54) is 30.0 Å². The molecule has 19 heavy (non-hydrogen) atoms. The Bertz CT molecular complexity index is 653. The first-order valence-electron chi connectivity index (χ1n) is 5.28. The van der Waals surface area contributed by atoms with Gasteiger partial charge in [0.05, 0.1) is 5.69 Å². The number of benzene rings is 1. The average molecular weight is 275 g/mol. The molecule has 96 valence electrons. The first-order valence-corrected chi connectivity index (χ1v) is 6.50. The van der Waals surface area contributed by atoms with Crippen molar-refractivity contribution in [3.63, 3.8) is 0 Å². The average Bonchev–Trinajstić information content (AvgIpc) is 2.38. The second-order valence-electron chi connectivity index (χ2n) is 3.56. The van der Waals surface area contributed by atoms with E-state index in [2.05, 4.69) is 15.3 Å². The van der Waals surface area contributed by atoms with Gasteiger partial charge in [0.25, 0.3) is 0 Å². The molecule has 0 aliphatic carbocycles. The fraction of sp³-hybridized carbons (Fsp3) is 0.0833. The quantitative estimate of drug-likeness (QED) is 0.661. The van der Waals surface area contributed by atoms with Crippen molar-refractivity contribution in [1.82, 2.24) is 9.97 Å². The van der Waals surface area contributed by atoms with Crippen LogP contribution in [0.1, 0.15) is 5.56 Å². The highest BCUT2D eigenvalue weighted by molar-refractivity contribution is 7.98. The molecule has 3 N–H and O–H groups in total. The summed E-state index contributed by atoms with van der Waals surface area (Å²) >= 11 is 1.34. The topological polar surface area (TPSA) is 87.6 Å². The molecule has 1 aromatic heterocycles. The lowest BCUT2D eigenvalue weighted by Gasteiger charge is -2.09. The SMILES string of the molecule is CSc1nc(N)cc(Nc2cccc(F)c2C#N)n1. The monoisotopic (exact) mass is 275 g/mol. The Kier molecular flexibility index (Phi) is 3.82. The molecule has 0 fully saturated rings. The van der Waals surface area contributed by atoms with Gasteiger partial charge < -0.3 is 11.1 Å². The predicted molar refractivity (Wildman–Crippen MR) is 72.6 cm³/mol. The molecule has 0 unspecified atom stereocenters. The summed E-state index contributed by atoms with van der Waals surface area (Å²) in [6.07, 6.45) is 1.82. The number of nitrogens with zero attached hydrogens (tertiary/aromatic N) is 3. The highest BCUT2D eigenvalue weighted by Crippen LogP contribution is 2.23. The van der Waals surface area contributed by atoms with E-state index in [4.69, 9.17) is 11.0 Å². The van der Waals surface area contributed by atoms with Gasteiger partial charge in [-0.05, 0) is 18.4 Å². The molecule has 2 rings (SSSR count). The number of nitriles is 1. The summed E-state index contributed by atoms with van der Waals surface area (Å²) in [7, 11) is 0. The summed E-state index contributed by atoms with van der Waals surface area (Å²) < 4.78 is 13.5. The molecule has 0 spiro atoms. The Morgan fingerprint density at radius 1 is 1.42 bits per heavy atom. The molecule has 0 saturated carbocycles. The number of anilines is 3. The standard InChI is InChI=1S/C12H10FN5S/c1-19-12-17-10(15)5-11(18-12)16-9-4-2-3-8(13)7(9)6-14/h2-5H,1H3,(H3,15,16,17,18). The number of rotatable bonds is 3. The molecule has 0 aliphatic rings. The third-order valence-corrected chi connectivity index (χ3v) is 2.84. The van der Waals surface area contributed by atoms with Gasteiger partial charge in [-0.3, -0.25) is 0 Å². The Morgan fingerprint density at radius 2 is 2.21 bits per heavy atom. The minimum atomic E-state index is -0.584. The van der Waals surface area contributed by atoms with E-state index in [1.54, 1.807) is 6.07 Å². The maximum absolute atomic E-state index is 13.5. The lowest BCUT2D eigenvalue weighted by molar-refractivity contribution is 0.624. The molecule has 7 heteroatoms. The molecular formula is C12H10FN5S. The van der Waals surface area contributed by atoms with Crippen LogP contribution in [0.2, 0.25) is 0 Å². The van der Waals surface area contributed by atoms with Gasteiger partial charge in [0.1, 0.15) is 29.1 Å². The van der Waals surface area contributed by atoms with Crippen molar-refractivity contribution in [1.29, 1.82) is 5.26 Å². The van der Waals surface area contributed by atoms with Crippen LogP contribution in [-0.4, -0.2) is 16.2 Å². The molecule has 1 heterocycles. The molecule has 0 aliphatic heterocycles. The van der Waals surface area contributed by atoms with Crippen molar-refractivity contribution < 1.29 is 4.39 Å². The van der Waals surface area contributed by atoms with Crippen molar-refractivity contribution in [3.8, 4) is 6.07 Å². The summed E-state index contributed by atoms with van der Waals surface area (Å²) in [5.74, 6) is 0.135. The predicted octanol–water partition coefficient (Wildman–Crippen LogP) is 2.54. The minimum absolute atomic E-state index is 0.0645. The van der Waals surface area contributed by atoms with E-state index in [9.17, 15) is 4.39 Å². The van der Waals surface area contributed by atoms with Crippen molar-refractivity contribution in [2.75, 3.05) is 17.3 Å². The van der Waals surface area contributed by atoms with Crippen LogP contribution in [-0.2, 0) is 0 Å². The summed E-state index contributed by atoms with van der Waals surface area (Å²) in [6.45, 7) is 0. The number of hydrogen-bond donors (Lipinski definition) is 2. The largest absolute Gasteiger partial charge is 0.383 e. The third-order valence-electron chi connectivity index (χ3n) is 2.30. The summed E-state index contributed by atoms with van der Waals surface area (Å²) in [4.78, 5) is 8.19. The van der Waals surface area contributed by atoms with Crippen LogP contribution < -0.4 is 11.1 Å². The maximum atomic E-state index is 13.5. The van der Waals surface area contributed by atoms with E-state index in [-0.39, 0.29) is 5.56 Å². The molecule has 0 atom stereocenters. The minimum Gasteiger partial charge on any atom is -0.383 e. The van der Waals surface area contributed by atoms with Crippen molar-refractivity contribution in [2.24, 2.45) is 0 Å². The van der Waals surface area contributed by atoms with Crippen LogP contribution in [0.3, 0.4) is 0 Å². The number of thioether (sulfide) groups is 1. The van der Waals surface area contributed by atoms with E-state index >= 15 is 0 Å². The van der Waals surface area contributed by atoms with Gasteiger partial charge in [0, 0.05) is 6.07 Å². The Hall–Kier alpha value is -2.33. The molecule has 0 saturated heterocycles. The van der Waals surface area contributed by atoms with Gasteiger partial charge in [-0.15, -0.1) is 0 Å². The van der Waals surface area contributed by atoms with Crippen LogP contribution in [0.15, 0.2) is 29.4 Å². The number of nitrogens with one attached hydrogen (secondary N) is 1. The molecule has 2 aromatic rings. The van der Waals surface area contributed by atoms with Crippen LogP contribution in [0.25, 0.3) is 0 Å². The number of nitrogens with two attached hydrogens (primary N) is 1. The van der Waals surface area contributed by atoms with E-state index in [0.29, 0.717) is 22.5 Å². The Morgan fingerprint density at radius 3 is 2.89 bits per heavy atom. The summed E-state index contributed by atoms with van der Waals surface area (Å²) in [5, 5.41) is 12.3. The van der Waals surface area contributed by atoms with Gasteiger partial charge >= 0.3 is 0 Å².